The standard InChI is InChI=1S/C53H33N5/c1-2-16-41(17-3-1)57-45-20-10-8-18-43(45)49-47(57)30-31-48-50(49)44-19-9-11-21-46(44)58(48)42-28-26-36(27-29-42)51-54-52(39-24-22-34-12-4-6-14-37(34)32-39)56-53(55-51)40-25-23-35-13-5-7-15-38(35)33-40/h1-33H. The monoisotopic (exact) mass is 739 g/mol. The Morgan fingerprint density at radius 2 is 0.672 bits per heavy atom. The lowest BCUT2D eigenvalue weighted by molar-refractivity contribution is 1.07. The second kappa shape index (κ2) is 12.8. The van der Waals surface area contributed by atoms with Crippen LogP contribution >= 0.6 is 0 Å². The van der Waals surface area contributed by atoms with Gasteiger partial charge in [-0.25, -0.2) is 15.0 Å². The molecule has 12 rings (SSSR count). The lowest BCUT2D eigenvalue weighted by Gasteiger charge is -2.11. The predicted octanol–water partition coefficient (Wildman–Crippen LogP) is 13.4. The molecule has 9 aromatic carbocycles. The van der Waals surface area contributed by atoms with Gasteiger partial charge in [-0.15, -0.1) is 0 Å². The van der Waals surface area contributed by atoms with E-state index < -0.39 is 0 Å². The summed E-state index contributed by atoms with van der Waals surface area (Å²) in [4.78, 5) is 15.3. The lowest BCUT2D eigenvalue weighted by Crippen LogP contribution is -2.01. The van der Waals surface area contributed by atoms with Crippen molar-refractivity contribution in [2.75, 3.05) is 0 Å². The molecule has 12 aromatic rings. The van der Waals surface area contributed by atoms with Gasteiger partial charge in [0.05, 0.1) is 22.1 Å². The summed E-state index contributed by atoms with van der Waals surface area (Å²) in [5.74, 6) is 1.92. The Bertz CT molecular complexity index is 3460. The highest BCUT2D eigenvalue weighted by molar-refractivity contribution is 6.28. The van der Waals surface area contributed by atoms with E-state index in [-0.39, 0.29) is 0 Å². The number of nitrogens with zero attached hydrogens (tertiary/aromatic N) is 5. The minimum atomic E-state index is 0.630. The number of hydrogen-bond acceptors (Lipinski definition) is 3. The summed E-state index contributed by atoms with van der Waals surface area (Å²) in [7, 11) is 0. The van der Waals surface area contributed by atoms with Crippen LogP contribution < -0.4 is 0 Å². The highest BCUT2D eigenvalue weighted by atomic mass is 15.0. The Labute approximate surface area is 333 Å². The third-order valence-corrected chi connectivity index (χ3v) is 11.5. The third-order valence-electron chi connectivity index (χ3n) is 11.5. The SMILES string of the molecule is c1ccc(-n2c3ccccc3c3c4c5ccccc5n(-c5ccc(-c6nc(-c7ccc8ccccc8c7)nc(-c7ccc8ccccc8c7)n6)cc5)c4ccc32)cc1. The first-order valence-electron chi connectivity index (χ1n) is 19.6. The van der Waals surface area contributed by atoms with Crippen molar-refractivity contribution in [3.8, 4) is 45.5 Å². The minimum absolute atomic E-state index is 0.630. The van der Waals surface area contributed by atoms with E-state index in [1.165, 1.54) is 43.4 Å². The lowest BCUT2D eigenvalue weighted by atomic mass is 10.1. The maximum absolute atomic E-state index is 5.12. The molecule has 5 heteroatoms. The van der Waals surface area contributed by atoms with Gasteiger partial charge in [0.1, 0.15) is 0 Å². The quantitative estimate of drug-likeness (QED) is 0.177. The number of fused-ring (bicyclic) bond motifs is 9. The molecule has 0 amide bonds. The van der Waals surface area contributed by atoms with Crippen LogP contribution in [0.3, 0.4) is 0 Å². The summed E-state index contributed by atoms with van der Waals surface area (Å²) < 4.78 is 4.77. The van der Waals surface area contributed by atoms with Gasteiger partial charge in [-0.2, -0.15) is 0 Å². The van der Waals surface area contributed by atoms with Crippen LogP contribution in [0, 0.1) is 0 Å². The highest BCUT2D eigenvalue weighted by Crippen LogP contribution is 2.42. The first-order chi connectivity index (χ1) is 28.7. The van der Waals surface area contributed by atoms with Crippen LogP contribution in [-0.2, 0) is 0 Å². The number of rotatable bonds is 5. The zero-order valence-electron chi connectivity index (χ0n) is 31.3. The normalized spacial score (nSPS) is 11.8. The van der Waals surface area contributed by atoms with E-state index in [0.29, 0.717) is 17.5 Å². The van der Waals surface area contributed by atoms with E-state index in [9.17, 15) is 0 Å². The largest absolute Gasteiger partial charge is 0.309 e. The van der Waals surface area contributed by atoms with Crippen LogP contribution in [0.1, 0.15) is 0 Å². The van der Waals surface area contributed by atoms with Crippen molar-refractivity contribution in [3.63, 3.8) is 0 Å². The fourth-order valence-corrected chi connectivity index (χ4v) is 8.83. The second-order valence-electron chi connectivity index (χ2n) is 14.9. The van der Waals surface area contributed by atoms with Crippen molar-refractivity contribution in [1.29, 1.82) is 0 Å². The molecule has 0 N–H and O–H groups in total. The van der Waals surface area contributed by atoms with E-state index in [1.54, 1.807) is 0 Å². The highest BCUT2D eigenvalue weighted by Gasteiger charge is 2.21. The fraction of sp³-hybridized carbons (Fsp3) is 0. The van der Waals surface area contributed by atoms with Crippen molar-refractivity contribution in [2.45, 2.75) is 0 Å². The van der Waals surface area contributed by atoms with Gasteiger partial charge in [0, 0.05) is 49.6 Å². The van der Waals surface area contributed by atoms with E-state index in [0.717, 1.165) is 49.9 Å². The fourth-order valence-electron chi connectivity index (χ4n) is 8.83. The molecule has 3 aromatic heterocycles. The molecular formula is C53H33N5. The zero-order chi connectivity index (χ0) is 38.2. The predicted molar refractivity (Wildman–Crippen MR) is 240 cm³/mol. The summed E-state index contributed by atoms with van der Waals surface area (Å²) in [6, 6.07) is 71.0. The van der Waals surface area contributed by atoms with Crippen molar-refractivity contribution in [1.82, 2.24) is 24.1 Å². The van der Waals surface area contributed by atoms with E-state index in [2.05, 4.69) is 209 Å². The maximum Gasteiger partial charge on any atom is 0.164 e. The van der Waals surface area contributed by atoms with E-state index in [4.69, 9.17) is 15.0 Å². The van der Waals surface area contributed by atoms with Gasteiger partial charge < -0.3 is 9.13 Å². The second-order valence-corrected chi connectivity index (χ2v) is 14.9. The van der Waals surface area contributed by atoms with Crippen molar-refractivity contribution < 1.29 is 0 Å². The van der Waals surface area contributed by atoms with Crippen LogP contribution in [0.5, 0.6) is 0 Å². The van der Waals surface area contributed by atoms with Crippen molar-refractivity contribution >= 4 is 65.2 Å². The molecule has 0 aliphatic carbocycles. The van der Waals surface area contributed by atoms with Gasteiger partial charge in [0.2, 0.25) is 0 Å². The Kier molecular flexibility index (Phi) is 7.16. The van der Waals surface area contributed by atoms with Gasteiger partial charge in [0.25, 0.3) is 0 Å². The molecule has 3 heterocycles. The molecule has 0 unspecified atom stereocenters. The Balaban J connectivity index is 1.03. The van der Waals surface area contributed by atoms with Gasteiger partial charge in [-0.05, 0) is 94.3 Å². The first-order valence-corrected chi connectivity index (χ1v) is 19.6. The Hall–Kier alpha value is -7.89. The molecule has 0 fully saturated rings. The smallest absolute Gasteiger partial charge is 0.164 e. The third kappa shape index (κ3) is 5.07. The average Bonchev–Trinajstić information content (AvgIpc) is 3.82. The summed E-state index contributed by atoms with van der Waals surface area (Å²) in [5, 5.41) is 9.62. The molecule has 0 aliphatic rings. The van der Waals surface area contributed by atoms with Crippen LogP contribution in [0.2, 0.25) is 0 Å². The van der Waals surface area contributed by atoms with Crippen LogP contribution in [-0.4, -0.2) is 24.1 Å². The molecular weight excluding hydrogens is 707 g/mol. The van der Waals surface area contributed by atoms with Gasteiger partial charge in [-0.1, -0.05) is 127 Å². The van der Waals surface area contributed by atoms with Crippen LogP contribution in [0.15, 0.2) is 200 Å². The topological polar surface area (TPSA) is 48.5 Å². The minimum Gasteiger partial charge on any atom is -0.309 e. The molecule has 0 radical (unpaired) electrons. The van der Waals surface area contributed by atoms with Gasteiger partial charge >= 0.3 is 0 Å². The molecule has 58 heavy (non-hydrogen) atoms. The number of hydrogen-bond donors (Lipinski definition) is 0. The summed E-state index contributed by atoms with van der Waals surface area (Å²) in [6.07, 6.45) is 0. The number of para-hydroxylation sites is 3. The molecule has 270 valence electrons. The van der Waals surface area contributed by atoms with Gasteiger partial charge in [-0.3, -0.25) is 0 Å². The number of benzene rings is 9. The molecule has 0 saturated heterocycles. The Morgan fingerprint density at radius 3 is 1.19 bits per heavy atom. The molecule has 0 spiro atoms. The molecule has 5 nitrogen and oxygen atoms in total. The van der Waals surface area contributed by atoms with Gasteiger partial charge in [0.15, 0.2) is 17.5 Å². The molecule has 0 atom stereocenters. The molecule has 0 bridgehead atoms. The summed E-state index contributed by atoms with van der Waals surface area (Å²) in [6.45, 7) is 0. The summed E-state index contributed by atoms with van der Waals surface area (Å²) >= 11 is 0. The Morgan fingerprint density at radius 1 is 0.276 bits per heavy atom. The van der Waals surface area contributed by atoms with E-state index in [1.807, 2.05) is 0 Å². The number of aromatic nitrogens is 5. The summed E-state index contributed by atoms with van der Waals surface area (Å²) in [5.41, 5.74) is 9.75. The maximum atomic E-state index is 5.12. The van der Waals surface area contributed by atoms with Crippen molar-refractivity contribution in [3.05, 3.63) is 200 Å². The van der Waals surface area contributed by atoms with E-state index >= 15 is 0 Å². The first kappa shape index (κ1) is 32.4. The van der Waals surface area contributed by atoms with Crippen LogP contribution in [0.4, 0.5) is 0 Å². The zero-order valence-corrected chi connectivity index (χ0v) is 31.3. The van der Waals surface area contributed by atoms with Crippen molar-refractivity contribution in [2.24, 2.45) is 0 Å². The molecule has 0 saturated carbocycles. The molecule has 0 aliphatic heterocycles. The van der Waals surface area contributed by atoms with Crippen LogP contribution in [0.25, 0.3) is 111 Å². The average molecular weight is 740 g/mol.